The molecule has 0 fully saturated rings. The zero-order valence-electron chi connectivity index (χ0n) is 7.67. The number of hydrogen-bond acceptors (Lipinski definition) is 1. The van der Waals surface area contributed by atoms with Gasteiger partial charge in [0.25, 0.3) is 0 Å². The number of hydrogen-bond donors (Lipinski definition) is 1. The Morgan fingerprint density at radius 2 is 2.00 bits per heavy atom. The molecule has 0 heterocycles. The molecule has 0 unspecified atom stereocenters. The monoisotopic (exact) mass is 161 g/mol. The molecule has 0 aromatic heterocycles. The SMILES string of the molecule is Cc1ccc(C=CCN)cc1C. The molecule has 0 amide bonds. The normalized spacial score (nSPS) is 10.9. The van der Waals surface area contributed by atoms with E-state index >= 15 is 0 Å². The van der Waals surface area contributed by atoms with Gasteiger partial charge >= 0.3 is 0 Å². The molecule has 64 valence electrons. The maximum absolute atomic E-state index is 5.36. The van der Waals surface area contributed by atoms with Crippen LogP contribution in [0.5, 0.6) is 0 Å². The van der Waals surface area contributed by atoms with E-state index < -0.39 is 0 Å². The summed E-state index contributed by atoms with van der Waals surface area (Å²) in [5, 5.41) is 0. The van der Waals surface area contributed by atoms with Gasteiger partial charge in [-0.1, -0.05) is 30.4 Å². The van der Waals surface area contributed by atoms with Gasteiger partial charge in [-0.25, -0.2) is 0 Å². The average Bonchev–Trinajstić information content (AvgIpc) is 2.07. The fourth-order valence-electron chi connectivity index (χ4n) is 1.07. The Kier molecular flexibility index (Phi) is 3.06. The fraction of sp³-hybridized carbons (Fsp3) is 0.273. The van der Waals surface area contributed by atoms with Gasteiger partial charge in [-0.2, -0.15) is 0 Å². The molecule has 1 aromatic rings. The summed E-state index contributed by atoms with van der Waals surface area (Å²) in [5.74, 6) is 0. The topological polar surface area (TPSA) is 26.0 Å². The van der Waals surface area contributed by atoms with Crippen molar-refractivity contribution in [2.45, 2.75) is 13.8 Å². The highest BCUT2D eigenvalue weighted by Crippen LogP contribution is 2.10. The highest BCUT2D eigenvalue weighted by atomic mass is 14.5. The molecule has 0 saturated carbocycles. The van der Waals surface area contributed by atoms with Gasteiger partial charge in [-0.15, -0.1) is 0 Å². The van der Waals surface area contributed by atoms with Gasteiger partial charge < -0.3 is 5.73 Å². The fourth-order valence-corrected chi connectivity index (χ4v) is 1.07. The highest BCUT2D eigenvalue weighted by molar-refractivity contribution is 5.51. The summed E-state index contributed by atoms with van der Waals surface area (Å²) < 4.78 is 0. The van der Waals surface area contributed by atoms with E-state index in [1.165, 1.54) is 16.7 Å². The third kappa shape index (κ3) is 2.21. The molecule has 1 nitrogen and oxygen atoms in total. The second-order valence-corrected chi connectivity index (χ2v) is 2.98. The minimum Gasteiger partial charge on any atom is -0.327 e. The zero-order valence-corrected chi connectivity index (χ0v) is 7.67. The van der Waals surface area contributed by atoms with Crippen LogP contribution in [0.1, 0.15) is 16.7 Å². The molecule has 2 N–H and O–H groups in total. The first-order valence-corrected chi connectivity index (χ1v) is 4.18. The lowest BCUT2D eigenvalue weighted by atomic mass is 10.1. The van der Waals surface area contributed by atoms with Crippen molar-refractivity contribution in [3.63, 3.8) is 0 Å². The molecule has 0 spiro atoms. The summed E-state index contributed by atoms with van der Waals surface area (Å²) in [5.41, 5.74) is 9.24. The molecule has 12 heavy (non-hydrogen) atoms. The molecular formula is C11H15N. The van der Waals surface area contributed by atoms with Gasteiger partial charge in [0, 0.05) is 6.54 Å². The molecule has 0 atom stereocenters. The average molecular weight is 161 g/mol. The van der Waals surface area contributed by atoms with Gasteiger partial charge in [0.1, 0.15) is 0 Å². The molecule has 1 heteroatoms. The highest BCUT2D eigenvalue weighted by Gasteiger charge is 1.91. The van der Waals surface area contributed by atoms with Crippen LogP contribution in [0.25, 0.3) is 6.08 Å². The van der Waals surface area contributed by atoms with Crippen molar-refractivity contribution in [3.05, 3.63) is 41.0 Å². The van der Waals surface area contributed by atoms with Crippen LogP contribution in [0.2, 0.25) is 0 Å². The van der Waals surface area contributed by atoms with E-state index in [4.69, 9.17) is 5.73 Å². The van der Waals surface area contributed by atoms with Crippen LogP contribution in [0.4, 0.5) is 0 Å². The van der Waals surface area contributed by atoms with E-state index in [2.05, 4.69) is 32.0 Å². The number of aryl methyl sites for hydroxylation is 2. The van der Waals surface area contributed by atoms with Crippen LogP contribution in [0.3, 0.4) is 0 Å². The molecular weight excluding hydrogens is 146 g/mol. The van der Waals surface area contributed by atoms with Crippen molar-refractivity contribution in [1.82, 2.24) is 0 Å². The van der Waals surface area contributed by atoms with Crippen molar-refractivity contribution in [2.24, 2.45) is 5.73 Å². The lowest BCUT2D eigenvalue weighted by Crippen LogP contribution is -1.92. The Hall–Kier alpha value is -1.08. The maximum Gasteiger partial charge on any atom is 0.0110 e. The molecule has 0 aliphatic rings. The second-order valence-electron chi connectivity index (χ2n) is 2.98. The van der Waals surface area contributed by atoms with Crippen LogP contribution in [-0.2, 0) is 0 Å². The number of benzene rings is 1. The van der Waals surface area contributed by atoms with E-state index in [0.29, 0.717) is 6.54 Å². The number of nitrogens with two attached hydrogens (primary N) is 1. The van der Waals surface area contributed by atoms with E-state index in [1.807, 2.05) is 12.2 Å². The lowest BCUT2D eigenvalue weighted by Gasteiger charge is -2.00. The number of rotatable bonds is 2. The summed E-state index contributed by atoms with van der Waals surface area (Å²) in [4.78, 5) is 0. The summed E-state index contributed by atoms with van der Waals surface area (Å²) in [6.07, 6.45) is 4.01. The molecule has 0 aliphatic carbocycles. The predicted octanol–water partition coefficient (Wildman–Crippen LogP) is 2.28. The molecule has 0 radical (unpaired) electrons. The first kappa shape index (κ1) is 9.01. The first-order valence-electron chi connectivity index (χ1n) is 4.18. The third-order valence-corrected chi connectivity index (χ3v) is 1.98. The smallest absolute Gasteiger partial charge is 0.0110 e. The van der Waals surface area contributed by atoms with Crippen molar-refractivity contribution >= 4 is 6.08 Å². The van der Waals surface area contributed by atoms with Crippen LogP contribution >= 0.6 is 0 Å². The lowest BCUT2D eigenvalue weighted by molar-refractivity contribution is 1.26. The molecule has 1 aromatic carbocycles. The Labute approximate surface area is 73.9 Å². The van der Waals surface area contributed by atoms with E-state index in [-0.39, 0.29) is 0 Å². The minimum atomic E-state index is 0.604. The predicted molar refractivity (Wildman–Crippen MR) is 54.0 cm³/mol. The molecule has 1 rings (SSSR count). The van der Waals surface area contributed by atoms with Gasteiger partial charge in [-0.3, -0.25) is 0 Å². The minimum absolute atomic E-state index is 0.604. The first-order chi connectivity index (χ1) is 5.74. The van der Waals surface area contributed by atoms with E-state index in [9.17, 15) is 0 Å². The van der Waals surface area contributed by atoms with Crippen LogP contribution < -0.4 is 5.73 Å². The van der Waals surface area contributed by atoms with Crippen molar-refractivity contribution in [2.75, 3.05) is 6.54 Å². The van der Waals surface area contributed by atoms with Crippen molar-refractivity contribution in [1.29, 1.82) is 0 Å². The van der Waals surface area contributed by atoms with Gasteiger partial charge in [0.05, 0.1) is 0 Å². The Bertz CT molecular complexity index is 287. The van der Waals surface area contributed by atoms with Gasteiger partial charge in [0.15, 0.2) is 0 Å². The van der Waals surface area contributed by atoms with E-state index in [1.54, 1.807) is 0 Å². The van der Waals surface area contributed by atoms with Gasteiger partial charge in [0.2, 0.25) is 0 Å². The van der Waals surface area contributed by atoms with Crippen LogP contribution in [0.15, 0.2) is 24.3 Å². The van der Waals surface area contributed by atoms with Gasteiger partial charge in [-0.05, 0) is 30.5 Å². The van der Waals surface area contributed by atoms with Crippen LogP contribution in [-0.4, -0.2) is 6.54 Å². The summed E-state index contributed by atoms with van der Waals surface area (Å²) in [6, 6.07) is 6.40. The van der Waals surface area contributed by atoms with Crippen molar-refractivity contribution in [3.8, 4) is 0 Å². The zero-order chi connectivity index (χ0) is 8.97. The Morgan fingerprint density at radius 1 is 1.25 bits per heavy atom. The van der Waals surface area contributed by atoms with Crippen molar-refractivity contribution < 1.29 is 0 Å². The summed E-state index contributed by atoms with van der Waals surface area (Å²) in [6.45, 7) is 4.84. The largest absolute Gasteiger partial charge is 0.327 e. The Morgan fingerprint density at radius 3 is 2.58 bits per heavy atom. The quantitative estimate of drug-likeness (QED) is 0.707. The molecule has 0 aliphatic heterocycles. The summed E-state index contributed by atoms with van der Waals surface area (Å²) in [7, 11) is 0. The summed E-state index contributed by atoms with van der Waals surface area (Å²) >= 11 is 0. The third-order valence-electron chi connectivity index (χ3n) is 1.98. The molecule has 0 bridgehead atoms. The Balaban J connectivity index is 2.89. The second kappa shape index (κ2) is 4.07. The van der Waals surface area contributed by atoms with E-state index in [0.717, 1.165) is 0 Å². The maximum atomic E-state index is 5.36. The standard InChI is InChI=1S/C11H15N/c1-9-5-6-11(4-3-7-12)8-10(9)2/h3-6,8H,7,12H2,1-2H3. The van der Waals surface area contributed by atoms with Crippen LogP contribution in [0, 0.1) is 13.8 Å². The molecule has 0 saturated heterocycles.